The Morgan fingerprint density at radius 2 is 1.43 bits per heavy atom. The number of benzene rings is 2. The van der Waals surface area contributed by atoms with Crippen molar-refractivity contribution in [2.45, 2.75) is 33.7 Å². The molecule has 0 heterocycles. The van der Waals surface area contributed by atoms with E-state index in [0.29, 0.717) is 0 Å². The zero-order valence-corrected chi connectivity index (χ0v) is 13.9. The second-order valence-corrected chi connectivity index (χ2v) is 5.72. The number of aryl methyl sites for hydroxylation is 4. The van der Waals surface area contributed by atoms with Gasteiger partial charge in [-0.25, -0.2) is 0 Å². The molecule has 21 heavy (non-hydrogen) atoms. The Morgan fingerprint density at radius 3 is 1.86 bits per heavy atom. The molecule has 2 nitrogen and oxygen atoms in total. The van der Waals surface area contributed by atoms with Gasteiger partial charge in [-0.15, -0.1) is 0 Å². The normalized spacial score (nSPS) is 12.3. The molecule has 2 aromatic carbocycles. The zero-order valence-electron chi connectivity index (χ0n) is 13.9. The first-order valence-electron chi connectivity index (χ1n) is 7.38. The Balaban J connectivity index is 2.57. The van der Waals surface area contributed by atoms with Gasteiger partial charge in [-0.05, 0) is 68.1 Å². The summed E-state index contributed by atoms with van der Waals surface area (Å²) in [4.78, 5) is 0. The van der Waals surface area contributed by atoms with Crippen molar-refractivity contribution < 1.29 is 4.74 Å². The number of methoxy groups -OCH3 is 1. The van der Waals surface area contributed by atoms with Crippen molar-refractivity contribution in [1.82, 2.24) is 5.32 Å². The van der Waals surface area contributed by atoms with E-state index in [-0.39, 0.29) is 6.04 Å². The van der Waals surface area contributed by atoms with Crippen molar-refractivity contribution in [2.75, 3.05) is 14.2 Å². The van der Waals surface area contributed by atoms with E-state index in [1.807, 2.05) is 7.05 Å². The van der Waals surface area contributed by atoms with E-state index in [1.165, 1.54) is 33.4 Å². The van der Waals surface area contributed by atoms with E-state index < -0.39 is 0 Å². The summed E-state index contributed by atoms with van der Waals surface area (Å²) >= 11 is 0. The lowest BCUT2D eigenvalue weighted by Crippen LogP contribution is -2.20. The largest absolute Gasteiger partial charge is 0.496 e. The van der Waals surface area contributed by atoms with Crippen LogP contribution in [0, 0.1) is 27.7 Å². The van der Waals surface area contributed by atoms with Crippen LogP contribution in [-0.4, -0.2) is 14.2 Å². The standard InChI is InChI=1S/C19H25NO/c1-12-8-7-9-13(2)17(12)18(20-5)16-10-14(3)19(21-6)15(4)11-16/h7-11,18,20H,1-6H3. The van der Waals surface area contributed by atoms with Gasteiger partial charge >= 0.3 is 0 Å². The van der Waals surface area contributed by atoms with Crippen LogP contribution in [-0.2, 0) is 0 Å². The lowest BCUT2D eigenvalue weighted by atomic mass is 9.89. The SMILES string of the molecule is CNC(c1cc(C)c(OC)c(C)c1)c1c(C)cccc1C. The summed E-state index contributed by atoms with van der Waals surface area (Å²) in [5.74, 6) is 0.982. The van der Waals surface area contributed by atoms with Crippen LogP contribution in [0.2, 0.25) is 0 Å². The minimum absolute atomic E-state index is 0.203. The van der Waals surface area contributed by atoms with E-state index in [1.54, 1.807) is 7.11 Å². The summed E-state index contributed by atoms with van der Waals surface area (Å²) in [7, 11) is 3.75. The summed E-state index contributed by atoms with van der Waals surface area (Å²) in [6, 6.07) is 11.1. The molecule has 0 bridgehead atoms. The summed E-state index contributed by atoms with van der Waals surface area (Å²) in [6.07, 6.45) is 0. The fraction of sp³-hybridized carbons (Fsp3) is 0.368. The lowest BCUT2D eigenvalue weighted by Gasteiger charge is -2.23. The van der Waals surface area contributed by atoms with Crippen molar-refractivity contribution in [3.05, 3.63) is 63.7 Å². The molecule has 1 N–H and O–H groups in total. The molecule has 0 spiro atoms. The number of ether oxygens (including phenoxy) is 1. The van der Waals surface area contributed by atoms with Gasteiger partial charge in [0.2, 0.25) is 0 Å². The van der Waals surface area contributed by atoms with Crippen LogP contribution < -0.4 is 10.1 Å². The highest BCUT2D eigenvalue weighted by atomic mass is 16.5. The van der Waals surface area contributed by atoms with E-state index in [9.17, 15) is 0 Å². The topological polar surface area (TPSA) is 21.3 Å². The molecule has 112 valence electrons. The Morgan fingerprint density at radius 1 is 0.905 bits per heavy atom. The van der Waals surface area contributed by atoms with Crippen molar-refractivity contribution >= 4 is 0 Å². The highest BCUT2D eigenvalue weighted by Gasteiger charge is 2.18. The maximum absolute atomic E-state index is 5.48. The summed E-state index contributed by atoms with van der Waals surface area (Å²) < 4.78 is 5.48. The van der Waals surface area contributed by atoms with Gasteiger partial charge in [0.05, 0.1) is 13.2 Å². The van der Waals surface area contributed by atoms with E-state index in [0.717, 1.165) is 5.75 Å². The monoisotopic (exact) mass is 283 g/mol. The predicted molar refractivity (Wildman–Crippen MR) is 89.3 cm³/mol. The highest BCUT2D eigenvalue weighted by molar-refractivity contribution is 5.48. The third-order valence-corrected chi connectivity index (χ3v) is 4.14. The molecule has 2 rings (SSSR count). The average Bonchev–Trinajstić information content (AvgIpc) is 2.42. The van der Waals surface area contributed by atoms with Crippen molar-refractivity contribution in [1.29, 1.82) is 0 Å². The van der Waals surface area contributed by atoms with Gasteiger partial charge in [-0.2, -0.15) is 0 Å². The molecule has 0 aliphatic rings. The van der Waals surface area contributed by atoms with E-state index in [4.69, 9.17) is 4.74 Å². The van der Waals surface area contributed by atoms with Gasteiger partial charge in [-0.1, -0.05) is 30.3 Å². The molecule has 0 aliphatic heterocycles. The molecular formula is C19H25NO. The molecule has 2 aromatic rings. The second-order valence-electron chi connectivity index (χ2n) is 5.72. The molecular weight excluding hydrogens is 258 g/mol. The lowest BCUT2D eigenvalue weighted by molar-refractivity contribution is 0.408. The first-order chi connectivity index (χ1) is 9.99. The number of nitrogens with one attached hydrogen (secondary N) is 1. The number of hydrogen-bond donors (Lipinski definition) is 1. The minimum atomic E-state index is 0.203. The first-order valence-corrected chi connectivity index (χ1v) is 7.38. The van der Waals surface area contributed by atoms with Gasteiger partial charge in [0.15, 0.2) is 0 Å². The predicted octanol–water partition coefficient (Wildman–Crippen LogP) is 4.24. The van der Waals surface area contributed by atoms with Crippen LogP contribution in [0.1, 0.15) is 39.4 Å². The molecule has 0 fully saturated rings. The second kappa shape index (κ2) is 6.31. The average molecular weight is 283 g/mol. The van der Waals surface area contributed by atoms with Crippen molar-refractivity contribution in [3.8, 4) is 5.75 Å². The van der Waals surface area contributed by atoms with E-state index in [2.05, 4.69) is 63.3 Å². The Hall–Kier alpha value is -1.80. The maximum atomic E-state index is 5.48. The highest BCUT2D eigenvalue weighted by Crippen LogP contribution is 2.32. The molecule has 0 aliphatic carbocycles. The number of hydrogen-bond acceptors (Lipinski definition) is 2. The summed E-state index contributed by atoms with van der Waals surface area (Å²) in [5.41, 5.74) is 7.65. The minimum Gasteiger partial charge on any atom is -0.496 e. The molecule has 0 amide bonds. The molecule has 0 aromatic heterocycles. The number of rotatable bonds is 4. The maximum Gasteiger partial charge on any atom is 0.124 e. The third kappa shape index (κ3) is 2.96. The zero-order chi connectivity index (χ0) is 15.6. The smallest absolute Gasteiger partial charge is 0.124 e. The fourth-order valence-corrected chi connectivity index (χ4v) is 3.23. The third-order valence-electron chi connectivity index (χ3n) is 4.14. The Bertz CT molecular complexity index is 603. The van der Waals surface area contributed by atoms with Gasteiger partial charge in [-0.3, -0.25) is 0 Å². The quantitative estimate of drug-likeness (QED) is 0.906. The van der Waals surface area contributed by atoms with Gasteiger partial charge in [0.25, 0.3) is 0 Å². The Labute approximate surface area is 128 Å². The fourth-order valence-electron chi connectivity index (χ4n) is 3.23. The Kier molecular flexibility index (Phi) is 4.69. The van der Waals surface area contributed by atoms with Gasteiger partial charge < -0.3 is 10.1 Å². The van der Waals surface area contributed by atoms with Gasteiger partial charge in [0, 0.05) is 0 Å². The molecule has 1 atom stereocenters. The van der Waals surface area contributed by atoms with Crippen molar-refractivity contribution in [3.63, 3.8) is 0 Å². The van der Waals surface area contributed by atoms with E-state index >= 15 is 0 Å². The van der Waals surface area contributed by atoms with Crippen molar-refractivity contribution in [2.24, 2.45) is 0 Å². The molecule has 0 radical (unpaired) electrons. The van der Waals surface area contributed by atoms with Crippen LogP contribution in [0.4, 0.5) is 0 Å². The summed E-state index contributed by atoms with van der Waals surface area (Å²) in [5, 5.41) is 3.47. The first kappa shape index (κ1) is 15.6. The van der Waals surface area contributed by atoms with Crippen LogP contribution >= 0.6 is 0 Å². The van der Waals surface area contributed by atoms with Crippen LogP contribution in [0.3, 0.4) is 0 Å². The molecule has 0 saturated heterocycles. The van der Waals surface area contributed by atoms with Crippen LogP contribution in [0.5, 0.6) is 5.75 Å². The van der Waals surface area contributed by atoms with Gasteiger partial charge in [0.1, 0.15) is 5.75 Å². The molecule has 0 saturated carbocycles. The molecule has 2 heteroatoms. The summed E-state index contributed by atoms with van der Waals surface area (Å²) in [6.45, 7) is 8.56. The van der Waals surface area contributed by atoms with Crippen LogP contribution in [0.15, 0.2) is 30.3 Å². The molecule has 1 unspecified atom stereocenters. The van der Waals surface area contributed by atoms with Crippen LogP contribution in [0.25, 0.3) is 0 Å².